The lowest BCUT2D eigenvalue weighted by Crippen LogP contribution is -2.23. The number of aryl methyl sites for hydroxylation is 1. The number of nitrogens with one attached hydrogen (secondary N) is 1. The molecule has 0 bridgehead atoms. The number of carbonyl (C=O) groups excluding carboxylic acids is 1. The van der Waals surface area contributed by atoms with Crippen molar-refractivity contribution in [2.24, 2.45) is 0 Å². The van der Waals surface area contributed by atoms with Crippen LogP contribution < -0.4 is 11.1 Å². The van der Waals surface area contributed by atoms with E-state index in [4.69, 9.17) is 5.73 Å². The topological polar surface area (TPSA) is 55.1 Å². The van der Waals surface area contributed by atoms with Crippen molar-refractivity contribution in [3.8, 4) is 0 Å². The first-order valence-corrected chi connectivity index (χ1v) is 7.43. The number of halogens is 1. The first-order chi connectivity index (χ1) is 9.97. The van der Waals surface area contributed by atoms with Crippen LogP contribution in [0.5, 0.6) is 0 Å². The van der Waals surface area contributed by atoms with Crippen molar-refractivity contribution < 1.29 is 9.18 Å². The molecule has 1 amide bonds. The largest absolute Gasteiger partial charge is 0.399 e. The minimum atomic E-state index is -0.414. The minimum Gasteiger partial charge on any atom is -0.399 e. The van der Waals surface area contributed by atoms with Crippen LogP contribution in [0.4, 0.5) is 15.8 Å². The fourth-order valence-corrected chi connectivity index (χ4v) is 2.68. The Morgan fingerprint density at radius 1 is 1.29 bits per heavy atom. The van der Waals surface area contributed by atoms with Gasteiger partial charge in [-0.1, -0.05) is 18.2 Å². The number of carbonyl (C=O) groups is 1. The molecule has 110 valence electrons. The minimum absolute atomic E-state index is 0.183. The Morgan fingerprint density at radius 2 is 2.00 bits per heavy atom. The number of nitrogens with two attached hydrogens (primary N) is 1. The van der Waals surface area contributed by atoms with Crippen molar-refractivity contribution in [3.63, 3.8) is 0 Å². The molecule has 3 N–H and O–H groups in total. The molecule has 0 saturated heterocycles. The third-order valence-corrected chi connectivity index (χ3v) is 4.18. The fraction of sp³-hybridized carbons (Fsp3) is 0.188. The average Bonchev–Trinajstić information content (AvgIpc) is 2.45. The summed E-state index contributed by atoms with van der Waals surface area (Å²) in [5, 5.41) is 2.41. The molecule has 2 aromatic carbocycles. The molecule has 1 unspecified atom stereocenters. The molecule has 0 aliphatic rings. The van der Waals surface area contributed by atoms with Crippen molar-refractivity contribution in [1.82, 2.24) is 0 Å². The highest BCUT2D eigenvalue weighted by Crippen LogP contribution is 2.27. The molecule has 0 aromatic heterocycles. The Morgan fingerprint density at radius 3 is 2.71 bits per heavy atom. The molecule has 21 heavy (non-hydrogen) atoms. The maximum Gasteiger partial charge on any atom is 0.237 e. The predicted molar refractivity (Wildman–Crippen MR) is 85.9 cm³/mol. The molecular weight excluding hydrogens is 287 g/mol. The van der Waals surface area contributed by atoms with Gasteiger partial charge in [-0.15, -0.1) is 11.8 Å². The van der Waals surface area contributed by atoms with Crippen molar-refractivity contribution in [3.05, 3.63) is 53.8 Å². The van der Waals surface area contributed by atoms with Crippen LogP contribution in [0.25, 0.3) is 0 Å². The second-order valence-electron chi connectivity index (χ2n) is 4.75. The van der Waals surface area contributed by atoms with Gasteiger partial charge in [-0.3, -0.25) is 4.79 Å². The number of thioether (sulfide) groups is 1. The molecular formula is C16H17FN2OS. The molecule has 5 heteroatoms. The van der Waals surface area contributed by atoms with Crippen LogP contribution in [-0.2, 0) is 4.79 Å². The normalized spacial score (nSPS) is 12.0. The number of hydrogen-bond acceptors (Lipinski definition) is 3. The van der Waals surface area contributed by atoms with Gasteiger partial charge in [0, 0.05) is 16.3 Å². The van der Waals surface area contributed by atoms with Gasteiger partial charge in [0.1, 0.15) is 5.82 Å². The Bertz CT molecular complexity index is 660. The van der Waals surface area contributed by atoms with Gasteiger partial charge in [-0.05, 0) is 43.7 Å². The molecule has 3 nitrogen and oxygen atoms in total. The van der Waals surface area contributed by atoms with Crippen molar-refractivity contribution in [1.29, 1.82) is 0 Å². The number of anilines is 2. The maximum absolute atomic E-state index is 13.6. The van der Waals surface area contributed by atoms with Gasteiger partial charge in [0.15, 0.2) is 0 Å². The molecule has 0 fully saturated rings. The Hall–Kier alpha value is -2.01. The summed E-state index contributed by atoms with van der Waals surface area (Å²) in [4.78, 5) is 12.7. The number of benzene rings is 2. The van der Waals surface area contributed by atoms with E-state index >= 15 is 0 Å². The van der Waals surface area contributed by atoms with Gasteiger partial charge in [0.05, 0.1) is 5.25 Å². The fourth-order valence-electron chi connectivity index (χ4n) is 1.79. The van der Waals surface area contributed by atoms with Gasteiger partial charge in [0.2, 0.25) is 5.91 Å². The van der Waals surface area contributed by atoms with Crippen LogP contribution in [-0.4, -0.2) is 11.2 Å². The van der Waals surface area contributed by atoms with E-state index in [9.17, 15) is 9.18 Å². The lowest BCUT2D eigenvalue weighted by atomic mass is 10.2. The molecule has 0 heterocycles. The number of hydrogen-bond donors (Lipinski definition) is 2. The molecule has 0 aliphatic carbocycles. The summed E-state index contributed by atoms with van der Waals surface area (Å²) in [6.45, 7) is 3.64. The summed E-state index contributed by atoms with van der Waals surface area (Å²) in [6.07, 6.45) is 0. The Kier molecular flexibility index (Phi) is 4.85. The van der Waals surface area contributed by atoms with Gasteiger partial charge >= 0.3 is 0 Å². The number of rotatable bonds is 4. The van der Waals surface area contributed by atoms with Crippen LogP contribution in [0.3, 0.4) is 0 Å². The van der Waals surface area contributed by atoms with E-state index in [1.807, 2.05) is 13.0 Å². The van der Waals surface area contributed by atoms with Crippen LogP contribution in [0.15, 0.2) is 47.4 Å². The van der Waals surface area contributed by atoms with Gasteiger partial charge < -0.3 is 11.1 Å². The lowest BCUT2D eigenvalue weighted by Gasteiger charge is -2.14. The van der Waals surface area contributed by atoms with Crippen molar-refractivity contribution in [2.45, 2.75) is 24.0 Å². The highest BCUT2D eigenvalue weighted by molar-refractivity contribution is 8.00. The van der Waals surface area contributed by atoms with Crippen LogP contribution in [0, 0.1) is 12.7 Å². The van der Waals surface area contributed by atoms with E-state index in [1.54, 1.807) is 37.3 Å². The van der Waals surface area contributed by atoms with E-state index in [2.05, 4.69) is 5.32 Å². The quantitative estimate of drug-likeness (QED) is 0.666. The second kappa shape index (κ2) is 6.63. The average molecular weight is 304 g/mol. The molecule has 0 spiro atoms. The third kappa shape index (κ3) is 3.98. The third-order valence-electron chi connectivity index (χ3n) is 3.03. The maximum atomic E-state index is 13.6. The Balaban J connectivity index is 2.06. The lowest BCUT2D eigenvalue weighted by molar-refractivity contribution is -0.115. The van der Waals surface area contributed by atoms with E-state index in [1.165, 1.54) is 17.8 Å². The van der Waals surface area contributed by atoms with Gasteiger partial charge in [0.25, 0.3) is 0 Å². The molecule has 2 aromatic rings. The standard InChI is InChI=1S/C16H17FN2OS/c1-10-7-8-12(18)9-14(10)19-16(20)11(2)21-15-6-4-3-5-13(15)17/h3-9,11H,18H2,1-2H3,(H,19,20). The van der Waals surface area contributed by atoms with Crippen LogP contribution >= 0.6 is 11.8 Å². The van der Waals surface area contributed by atoms with Crippen molar-refractivity contribution in [2.75, 3.05) is 11.1 Å². The summed E-state index contributed by atoms with van der Waals surface area (Å²) in [5.41, 5.74) is 7.92. The zero-order valence-corrected chi connectivity index (χ0v) is 12.7. The first-order valence-electron chi connectivity index (χ1n) is 6.55. The van der Waals surface area contributed by atoms with E-state index in [0.717, 1.165) is 5.56 Å². The molecule has 0 saturated carbocycles. The zero-order chi connectivity index (χ0) is 15.4. The van der Waals surface area contributed by atoms with Gasteiger partial charge in [-0.25, -0.2) is 4.39 Å². The molecule has 2 rings (SSSR count). The summed E-state index contributed by atoms with van der Waals surface area (Å²) in [7, 11) is 0. The van der Waals surface area contributed by atoms with E-state index in [-0.39, 0.29) is 11.7 Å². The Labute approximate surface area is 127 Å². The molecule has 0 aliphatic heterocycles. The zero-order valence-electron chi connectivity index (χ0n) is 11.9. The number of amides is 1. The molecule has 1 atom stereocenters. The van der Waals surface area contributed by atoms with E-state index < -0.39 is 5.25 Å². The van der Waals surface area contributed by atoms with Crippen LogP contribution in [0.1, 0.15) is 12.5 Å². The summed E-state index contributed by atoms with van der Waals surface area (Å²) < 4.78 is 13.6. The first kappa shape index (κ1) is 15.4. The summed E-state index contributed by atoms with van der Waals surface area (Å²) in [5.74, 6) is -0.501. The highest BCUT2D eigenvalue weighted by atomic mass is 32.2. The van der Waals surface area contributed by atoms with Crippen LogP contribution in [0.2, 0.25) is 0 Å². The number of nitrogen functional groups attached to an aromatic ring is 1. The van der Waals surface area contributed by atoms with Crippen molar-refractivity contribution >= 4 is 29.0 Å². The predicted octanol–water partition coefficient (Wildman–Crippen LogP) is 3.84. The SMILES string of the molecule is Cc1ccc(N)cc1NC(=O)C(C)Sc1ccccc1F. The molecule has 0 radical (unpaired) electrons. The van der Waals surface area contributed by atoms with Gasteiger partial charge in [-0.2, -0.15) is 0 Å². The monoisotopic (exact) mass is 304 g/mol. The highest BCUT2D eigenvalue weighted by Gasteiger charge is 2.17. The van der Waals surface area contributed by atoms with E-state index in [0.29, 0.717) is 16.3 Å². The summed E-state index contributed by atoms with van der Waals surface area (Å²) in [6, 6.07) is 11.8. The second-order valence-corrected chi connectivity index (χ2v) is 6.14. The smallest absolute Gasteiger partial charge is 0.237 e. The summed E-state index contributed by atoms with van der Waals surface area (Å²) >= 11 is 1.19.